The first-order valence-electron chi connectivity index (χ1n) is 8.54. The Balaban J connectivity index is 2.61. The fourth-order valence-electron chi connectivity index (χ4n) is 2.69. The van der Waals surface area contributed by atoms with Crippen molar-refractivity contribution in [1.29, 1.82) is 0 Å². The van der Waals surface area contributed by atoms with E-state index in [-0.39, 0.29) is 12.5 Å². The number of benzene rings is 1. The molecule has 1 aromatic heterocycles. The lowest BCUT2D eigenvalue weighted by Gasteiger charge is -2.21. The number of sulfonamides is 1. The molecule has 0 saturated carbocycles. The van der Waals surface area contributed by atoms with Crippen molar-refractivity contribution in [2.45, 2.75) is 40.2 Å². The zero-order valence-corrected chi connectivity index (χ0v) is 16.4. The molecule has 0 N–H and O–H groups in total. The lowest BCUT2D eigenvalue weighted by atomic mass is 10.0. The molecule has 0 fully saturated rings. The number of anilines is 1. The van der Waals surface area contributed by atoms with E-state index in [2.05, 4.69) is 0 Å². The number of nitrogens with zero attached hydrogens (tertiary/aromatic N) is 1. The van der Waals surface area contributed by atoms with Gasteiger partial charge in [0, 0.05) is 24.6 Å². The van der Waals surface area contributed by atoms with E-state index < -0.39 is 16.0 Å². The minimum absolute atomic E-state index is 0.0353. The van der Waals surface area contributed by atoms with Crippen molar-refractivity contribution >= 4 is 21.9 Å². The molecule has 142 valence electrons. The number of furan rings is 1. The molecule has 0 aliphatic heterocycles. The van der Waals surface area contributed by atoms with Gasteiger partial charge in [0.1, 0.15) is 12.4 Å². The van der Waals surface area contributed by atoms with E-state index in [4.69, 9.17) is 9.15 Å². The molecule has 1 heterocycles. The highest BCUT2D eigenvalue weighted by Gasteiger charge is 2.28. The Morgan fingerprint density at radius 2 is 1.88 bits per heavy atom. The number of unbranched alkanes of at least 4 members (excludes halogenated alkanes) is 1. The van der Waals surface area contributed by atoms with Gasteiger partial charge in [-0.15, -0.1) is 0 Å². The Bertz CT molecular complexity index is 856. The summed E-state index contributed by atoms with van der Waals surface area (Å²) in [6, 6.07) is 9.46. The van der Waals surface area contributed by atoms with Gasteiger partial charge in [0.25, 0.3) is 0 Å². The minimum Gasteiger partial charge on any atom is -0.458 e. The number of carbonyl (C=O) groups is 1. The normalized spacial score (nSPS) is 11.4. The monoisotopic (exact) mass is 379 g/mol. The van der Waals surface area contributed by atoms with Gasteiger partial charge in [0.2, 0.25) is 15.9 Å². The van der Waals surface area contributed by atoms with Crippen molar-refractivity contribution in [1.82, 2.24) is 0 Å². The molecule has 0 unspecified atom stereocenters. The summed E-state index contributed by atoms with van der Waals surface area (Å²) in [5.74, 6) is 0.292. The van der Waals surface area contributed by atoms with Gasteiger partial charge in [-0.1, -0.05) is 43.7 Å². The molecular formula is C19H25NO5S. The summed E-state index contributed by atoms with van der Waals surface area (Å²) in [6.45, 7) is 5.45. The third-order valence-electron chi connectivity index (χ3n) is 4.04. The van der Waals surface area contributed by atoms with Gasteiger partial charge in [-0.25, -0.2) is 12.7 Å². The maximum absolute atomic E-state index is 12.4. The number of rotatable bonds is 8. The third kappa shape index (κ3) is 4.66. The van der Waals surface area contributed by atoms with Gasteiger partial charge >= 0.3 is 5.97 Å². The van der Waals surface area contributed by atoms with Crippen LogP contribution in [0.1, 0.15) is 38.0 Å². The summed E-state index contributed by atoms with van der Waals surface area (Å²) >= 11 is 0. The number of hydrogen-bond acceptors (Lipinski definition) is 5. The second kappa shape index (κ2) is 8.40. The molecule has 0 radical (unpaired) electrons. The molecule has 26 heavy (non-hydrogen) atoms. The SMILES string of the molecule is CCCCN(c1oc(COC(C)=O)c(C)c1-c1ccccc1)S(C)(=O)=O. The maximum Gasteiger partial charge on any atom is 0.303 e. The summed E-state index contributed by atoms with van der Waals surface area (Å²) in [7, 11) is -3.52. The molecule has 2 aromatic rings. The summed E-state index contributed by atoms with van der Waals surface area (Å²) in [4.78, 5) is 11.2. The second-order valence-corrected chi connectivity index (χ2v) is 8.07. The van der Waals surface area contributed by atoms with Crippen LogP contribution in [0.3, 0.4) is 0 Å². The maximum atomic E-state index is 12.4. The number of ether oxygens (including phenoxy) is 1. The summed E-state index contributed by atoms with van der Waals surface area (Å²) in [5, 5.41) is 0. The van der Waals surface area contributed by atoms with E-state index >= 15 is 0 Å². The van der Waals surface area contributed by atoms with Crippen LogP contribution in [-0.2, 0) is 26.2 Å². The fourth-order valence-corrected chi connectivity index (χ4v) is 3.58. The third-order valence-corrected chi connectivity index (χ3v) is 5.19. The van der Waals surface area contributed by atoms with Crippen LogP contribution in [0, 0.1) is 6.92 Å². The molecule has 0 amide bonds. The Kier molecular flexibility index (Phi) is 6.47. The predicted molar refractivity (Wildman–Crippen MR) is 101 cm³/mol. The van der Waals surface area contributed by atoms with E-state index in [0.717, 1.165) is 17.5 Å². The van der Waals surface area contributed by atoms with Gasteiger partial charge in [0.15, 0.2) is 0 Å². The molecule has 7 heteroatoms. The van der Waals surface area contributed by atoms with Crippen LogP contribution in [0.5, 0.6) is 0 Å². The van der Waals surface area contributed by atoms with Gasteiger partial charge in [-0.2, -0.15) is 0 Å². The highest BCUT2D eigenvalue weighted by molar-refractivity contribution is 7.92. The first-order valence-corrected chi connectivity index (χ1v) is 10.4. The Hall–Kier alpha value is -2.28. The first kappa shape index (κ1) is 20.0. The van der Waals surface area contributed by atoms with Crippen LogP contribution in [-0.4, -0.2) is 27.2 Å². The van der Waals surface area contributed by atoms with E-state index in [1.54, 1.807) is 0 Å². The Labute approximate surface area is 154 Å². The zero-order chi connectivity index (χ0) is 19.3. The average Bonchev–Trinajstić information content (AvgIpc) is 2.89. The van der Waals surface area contributed by atoms with Gasteiger partial charge in [-0.3, -0.25) is 4.79 Å². The minimum atomic E-state index is -3.52. The number of esters is 1. The molecular weight excluding hydrogens is 354 g/mol. The van der Waals surface area contributed by atoms with Crippen molar-refractivity contribution in [3.05, 3.63) is 41.7 Å². The van der Waals surface area contributed by atoms with Crippen LogP contribution >= 0.6 is 0 Å². The molecule has 0 aliphatic rings. The van der Waals surface area contributed by atoms with Gasteiger partial charge < -0.3 is 9.15 Å². The largest absolute Gasteiger partial charge is 0.458 e. The van der Waals surface area contributed by atoms with Crippen LogP contribution in [0.2, 0.25) is 0 Å². The van der Waals surface area contributed by atoms with Gasteiger partial charge in [-0.05, 0) is 18.9 Å². The second-order valence-electron chi connectivity index (χ2n) is 6.17. The smallest absolute Gasteiger partial charge is 0.303 e. The van der Waals surface area contributed by atoms with Crippen molar-refractivity contribution in [3.63, 3.8) is 0 Å². The first-order chi connectivity index (χ1) is 12.3. The molecule has 0 spiro atoms. The number of hydrogen-bond donors (Lipinski definition) is 0. The van der Waals surface area contributed by atoms with Crippen LogP contribution in [0.4, 0.5) is 5.88 Å². The number of carbonyl (C=O) groups excluding carboxylic acids is 1. The Morgan fingerprint density at radius 1 is 1.23 bits per heavy atom. The fraction of sp³-hybridized carbons (Fsp3) is 0.421. The van der Waals surface area contributed by atoms with Crippen LogP contribution in [0.15, 0.2) is 34.7 Å². The topological polar surface area (TPSA) is 76.8 Å². The summed E-state index contributed by atoms with van der Waals surface area (Å²) in [5.41, 5.74) is 2.31. The van der Waals surface area contributed by atoms with Crippen molar-refractivity contribution in [2.24, 2.45) is 0 Å². The zero-order valence-electron chi connectivity index (χ0n) is 15.6. The molecule has 0 saturated heterocycles. The lowest BCUT2D eigenvalue weighted by Crippen LogP contribution is -2.30. The van der Waals surface area contributed by atoms with E-state index in [0.29, 0.717) is 24.3 Å². The molecule has 6 nitrogen and oxygen atoms in total. The standard InChI is InChI=1S/C19H25NO5S/c1-5-6-12-20(26(4,22)23)19-18(16-10-8-7-9-11-16)14(2)17(25-19)13-24-15(3)21/h7-11H,5-6,12-13H2,1-4H3. The quantitative estimate of drug-likeness (QED) is 0.651. The Morgan fingerprint density at radius 3 is 2.42 bits per heavy atom. The molecule has 0 bridgehead atoms. The van der Waals surface area contributed by atoms with E-state index in [9.17, 15) is 13.2 Å². The van der Waals surface area contributed by atoms with Crippen molar-refractivity contribution in [3.8, 4) is 11.1 Å². The molecule has 0 atom stereocenters. The highest BCUT2D eigenvalue weighted by Crippen LogP contribution is 2.39. The summed E-state index contributed by atoms with van der Waals surface area (Å²) < 4.78 is 37.0. The summed E-state index contributed by atoms with van der Waals surface area (Å²) in [6.07, 6.45) is 2.73. The van der Waals surface area contributed by atoms with Crippen LogP contribution in [0.25, 0.3) is 11.1 Å². The predicted octanol–water partition coefficient (Wildman–Crippen LogP) is 3.88. The van der Waals surface area contributed by atoms with E-state index in [1.165, 1.54) is 17.5 Å². The highest BCUT2D eigenvalue weighted by atomic mass is 32.2. The van der Waals surface area contributed by atoms with Crippen molar-refractivity contribution in [2.75, 3.05) is 17.1 Å². The van der Waals surface area contributed by atoms with Crippen molar-refractivity contribution < 1.29 is 22.4 Å². The van der Waals surface area contributed by atoms with E-state index in [1.807, 2.05) is 44.2 Å². The molecule has 1 aromatic carbocycles. The lowest BCUT2D eigenvalue weighted by molar-refractivity contribution is -0.142. The molecule has 2 rings (SSSR count). The average molecular weight is 379 g/mol. The molecule has 0 aliphatic carbocycles. The van der Waals surface area contributed by atoms with Gasteiger partial charge in [0.05, 0.1) is 6.26 Å². The van der Waals surface area contributed by atoms with Crippen LogP contribution < -0.4 is 4.31 Å².